The van der Waals surface area contributed by atoms with E-state index in [0.29, 0.717) is 0 Å². The Morgan fingerprint density at radius 3 is 2.46 bits per heavy atom. The smallest absolute Gasteiger partial charge is 0.161 e. The fourth-order valence-corrected chi connectivity index (χ4v) is 4.79. The highest BCUT2D eigenvalue weighted by molar-refractivity contribution is 5.61. The number of piperazine rings is 1. The van der Waals surface area contributed by atoms with E-state index < -0.39 is 0 Å². The normalized spacial score (nSPS) is 15.3. The summed E-state index contributed by atoms with van der Waals surface area (Å²) in [5, 5.41) is 10.3. The van der Waals surface area contributed by atoms with Gasteiger partial charge in [0, 0.05) is 56.0 Å². The molecule has 1 aliphatic rings. The van der Waals surface area contributed by atoms with E-state index in [2.05, 4.69) is 67.5 Å². The standard InChI is InChI=1S/C30H38N4O/c1-5-6-12-27(35)21-33-15-17-34(18-16-33)30-28(20-26-19-22(2)13-14-23(26)3)24(4)31-29(32-30)25-10-8-7-9-11-25/h5,7-11,13-14,19,27,35H,1,6,12,15-18,20-21H2,2-4H3/t27-/m1/s1. The molecule has 1 atom stereocenters. The average Bonchev–Trinajstić information content (AvgIpc) is 2.87. The van der Waals surface area contributed by atoms with Crippen LogP contribution in [-0.4, -0.2) is 58.8 Å². The zero-order valence-corrected chi connectivity index (χ0v) is 21.4. The van der Waals surface area contributed by atoms with Crippen LogP contribution in [0.5, 0.6) is 0 Å². The van der Waals surface area contributed by atoms with E-state index >= 15 is 0 Å². The predicted octanol–water partition coefficient (Wildman–Crippen LogP) is 5.11. The summed E-state index contributed by atoms with van der Waals surface area (Å²) in [7, 11) is 0. The van der Waals surface area contributed by atoms with Crippen LogP contribution >= 0.6 is 0 Å². The number of β-amino-alcohol motifs (C(OH)–C–C–N with tert-alkyl or cyclic N) is 1. The Balaban J connectivity index is 1.61. The lowest BCUT2D eigenvalue weighted by atomic mass is 9.97. The Hall–Kier alpha value is -3.02. The first kappa shape index (κ1) is 25.1. The Morgan fingerprint density at radius 1 is 1.00 bits per heavy atom. The zero-order valence-electron chi connectivity index (χ0n) is 21.4. The highest BCUT2D eigenvalue weighted by atomic mass is 16.3. The van der Waals surface area contributed by atoms with Gasteiger partial charge in [-0.3, -0.25) is 4.90 Å². The second kappa shape index (κ2) is 11.6. The predicted molar refractivity (Wildman–Crippen MR) is 145 cm³/mol. The van der Waals surface area contributed by atoms with E-state index in [1.54, 1.807) is 0 Å². The molecule has 3 aromatic rings. The zero-order chi connectivity index (χ0) is 24.8. The van der Waals surface area contributed by atoms with Crippen molar-refractivity contribution in [3.63, 3.8) is 0 Å². The van der Waals surface area contributed by atoms with Gasteiger partial charge in [-0.05, 0) is 44.7 Å². The van der Waals surface area contributed by atoms with Gasteiger partial charge >= 0.3 is 0 Å². The Labute approximate surface area is 210 Å². The van der Waals surface area contributed by atoms with Gasteiger partial charge < -0.3 is 10.0 Å². The van der Waals surface area contributed by atoms with Crippen molar-refractivity contribution in [3.8, 4) is 11.4 Å². The largest absolute Gasteiger partial charge is 0.392 e. The lowest BCUT2D eigenvalue weighted by molar-refractivity contribution is 0.103. The molecular formula is C30H38N4O. The third-order valence-electron chi connectivity index (χ3n) is 6.94. The van der Waals surface area contributed by atoms with Crippen molar-refractivity contribution in [2.24, 2.45) is 0 Å². The minimum Gasteiger partial charge on any atom is -0.392 e. The molecule has 2 aromatic carbocycles. The summed E-state index contributed by atoms with van der Waals surface area (Å²) >= 11 is 0. The number of benzene rings is 2. The summed E-state index contributed by atoms with van der Waals surface area (Å²) in [5.41, 5.74) is 7.19. The Kier molecular flexibility index (Phi) is 8.32. The van der Waals surface area contributed by atoms with Gasteiger partial charge in [-0.2, -0.15) is 0 Å². The van der Waals surface area contributed by atoms with E-state index in [1.807, 2.05) is 24.3 Å². The molecule has 1 saturated heterocycles. The Morgan fingerprint density at radius 2 is 1.74 bits per heavy atom. The molecule has 0 saturated carbocycles. The summed E-state index contributed by atoms with van der Waals surface area (Å²) in [4.78, 5) is 14.9. The molecule has 1 aromatic heterocycles. The summed E-state index contributed by atoms with van der Waals surface area (Å²) in [6, 6.07) is 16.9. The van der Waals surface area contributed by atoms with Crippen molar-refractivity contribution in [2.75, 3.05) is 37.6 Å². The highest BCUT2D eigenvalue weighted by Crippen LogP contribution is 2.29. The van der Waals surface area contributed by atoms with Gasteiger partial charge in [0.2, 0.25) is 0 Å². The van der Waals surface area contributed by atoms with Gasteiger partial charge in [0.15, 0.2) is 5.82 Å². The second-order valence-corrected chi connectivity index (χ2v) is 9.72. The summed E-state index contributed by atoms with van der Waals surface area (Å²) in [6.07, 6.45) is 4.02. The van der Waals surface area contributed by atoms with Crippen LogP contribution < -0.4 is 4.90 Å². The maximum Gasteiger partial charge on any atom is 0.161 e. The molecule has 184 valence electrons. The lowest BCUT2D eigenvalue weighted by Gasteiger charge is -2.37. The fraction of sp³-hybridized carbons (Fsp3) is 0.400. The quantitative estimate of drug-likeness (QED) is 0.441. The molecule has 0 bridgehead atoms. The first-order valence-electron chi connectivity index (χ1n) is 12.7. The van der Waals surface area contributed by atoms with Crippen LogP contribution in [0.2, 0.25) is 0 Å². The SMILES string of the molecule is C=CCC[C@@H](O)CN1CCN(c2nc(-c3ccccc3)nc(C)c2Cc2cc(C)ccc2C)CC1. The van der Waals surface area contributed by atoms with Crippen LogP contribution in [0, 0.1) is 20.8 Å². The van der Waals surface area contributed by atoms with E-state index in [4.69, 9.17) is 9.97 Å². The van der Waals surface area contributed by atoms with E-state index in [0.717, 1.165) is 74.9 Å². The topological polar surface area (TPSA) is 52.5 Å². The first-order chi connectivity index (χ1) is 16.9. The number of hydrogen-bond acceptors (Lipinski definition) is 5. The Bertz CT molecular complexity index is 1140. The molecule has 1 fully saturated rings. The number of hydrogen-bond donors (Lipinski definition) is 1. The maximum atomic E-state index is 10.3. The molecular weight excluding hydrogens is 432 g/mol. The third-order valence-corrected chi connectivity index (χ3v) is 6.94. The van der Waals surface area contributed by atoms with Gasteiger partial charge in [-0.25, -0.2) is 9.97 Å². The first-order valence-corrected chi connectivity index (χ1v) is 12.7. The highest BCUT2D eigenvalue weighted by Gasteiger charge is 2.24. The van der Waals surface area contributed by atoms with Crippen LogP contribution in [0.1, 0.15) is 40.8 Å². The summed E-state index contributed by atoms with van der Waals surface area (Å²) < 4.78 is 0. The molecule has 0 unspecified atom stereocenters. The van der Waals surface area contributed by atoms with Gasteiger partial charge in [-0.1, -0.05) is 60.2 Å². The molecule has 2 heterocycles. The fourth-order valence-electron chi connectivity index (χ4n) is 4.79. The molecule has 5 heteroatoms. The van der Waals surface area contributed by atoms with E-state index in [-0.39, 0.29) is 6.10 Å². The second-order valence-electron chi connectivity index (χ2n) is 9.72. The number of aromatic nitrogens is 2. The number of rotatable bonds is 9. The van der Waals surface area contributed by atoms with Crippen molar-refractivity contribution in [3.05, 3.63) is 89.1 Å². The molecule has 0 spiro atoms. The van der Waals surface area contributed by atoms with E-state index in [9.17, 15) is 5.11 Å². The summed E-state index contributed by atoms with van der Waals surface area (Å²) in [6.45, 7) is 14.5. The number of aliphatic hydroxyl groups excluding tert-OH is 1. The molecule has 0 aliphatic carbocycles. The number of anilines is 1. The molecule has 0 amide bonds. The number of nitrogens with zero attached hydrogens (tertiary/aromatic N) is 4. The van der Waals surface area contributed by atoms with Crippen LogP contribution in [-0.2, 0) is 6.42 Å². The third kappa shape index (κ3) is 6.36. The van der Waals surface area contributed by atoms with Crippen LogP contribution in [0.15, 0.2) is 61.2 Å². The molecule has 1 aliphatic heterocycles. The van der Waals surface area contributed by atoms with Crippen molar-refractivity contribution in [1.29, 1.82) is 0 Å². The lowest BCUT2D eigenvalue weighted by Crippen LogP contribution is -2.49. The van der Waals surface area contributed by atoms with Gasteiger partial charge in [0.1, 0.15) is 5.82 Å². The van der Waals surface area contributed by atoms with Crippen molar-refractivity contribution >= 4 is 5.82 Å². The van der Waals surface area contributed by atoms with Crippen molar-refractivity contribution in [1.82, 2.24) is 14.9 Å². The van der Waals surface area contributed by atoms with Crippen LogP contribution in [0.4, 0.5) is 5.82 Å². The van der Waals surface area contributed by atoms with Crippen LogP contribution in [0.25, 0.3) is 11.4 Å². The minimum absolute atomic E-state index is 0.301. The maximum absolute atomic E-state index is 10.3. The minimum atomic E-state index is -0.301. The number of allylic oxidation sites excluding steroid dienone is 1. The number of aryl methyl sites for hydroxylation is 3. The van der Waals surface area contributed by atoms with E-state index in [1.165, 1.54) is 22.3 Å². The van der Waals surface area contributed by atoms with Gasteiger partial charge in [0.25, 0.3) is 0 Å². The van der Waals surface area contributed by atoms with Crippen molar-refractivity contribution in [2.45, 2.75) is 46.1 Å². The molecule has 1 N–H and O–H groups in total. The molecule has 35 heavy (non-hydrogen) atoms. The monoisotopic (exact) mass is 470 g/mol. The average molecular weight is 471 g/mol. The van der Waals surface area contributed by atoms with Gasteiger partial charge in [-0.15, -0.1) is 6.58 Å². The van der Waals surface area contributed by atoms with Crippen LogP contribution in [0.3, 0.4) is 0 Å². The summed E-state index contributed by atoms with van der Waals surface area (Å²) in [5.74, 6) is 1.83. The molecule has 4 rings (SSSR count). The molecule has 5 nitrogen and oxygen atoms in total. The molecule has 0 radical (unpaired) electrons. The van der Waals surface area contributed by atoms with Gasteiger partial charge in [0.05, 0.1) is 6.10 Å². The van der Waals surface area contributed by atoms with Crippen molar-refractivity contribution < 1.29 is 5.11 Å². The number of aliphatic hydroxyl groups is 1.